The average molecular weight is 267 g/mol. The van der Waals surface area contributed by atoms with Crippen LogP contribution in [0.4, 0.5) is 5.13 Å². The van der Waals surface area contributed by atoms with Crippen LogP contribution in [0.2, 0.25) is 0 Å². The van der Waals surface area contributed by atoms with Gasteiger partial charge in [-0.3, -0.25) is 0 Å². The lowest BCUT2D eigenvalue weighted by Crippen LogP contribution is -2.46. The lowest BCUT2D eigenvalue weighted by atomic mass is 10.0. The summed E-state index contributed by atoms with van der Waals surface area (Å²) in [5.41, 5.74) is 1.15. The number of rotatable bonds is 5. The van der Waals surface area contributed by atoms with Crippen molar-refractivity contribution in [3.63, 3.8) is 0 Å². The Morgan fingerprint density at radius 2 is 2.33 bits per heavy atom. The lowest BCUT2D eigenvalue weighted by molar-refractivity contribution is 0.422. The van der Waals surface area contributed by atoms with Gasteiger partial charge in [-0.1, -0.05) is 13.8 Å². The highest BCUT2D eigenvalue weighted by molar-refractivity contribution is 7.13. The highest BCUT2D eigenvalue weighted by Gasteiger charge is 2.24. The second kappa shape index (κ2) is 6.53. The maximum absolute atomic E-state index is 4.64. The van der Waals surface area contributed by atoms with Crippen molar-refractivity contribution in [2.45, 2.75) is 46.1 Å². The Morgan fingerprint density at radius 3 is 3.00 bits per heavy atom. The number of nitrogens with one attached hydrogen (secondary N) is 1. The zero-order valence-corrected chi connectivity index (χ0v) is 12.6. The maximum Gasteiger partial charge on any atom is 0.185 e. The predicted molar refractivity (Wildman–Crippen MR) is 79.5 cm³/mol. The van der Waals surface area contributed by atoms with Crippen molar-refractivity contribution in [1.29, 1.82) is 0 Å². The molecule has 1 aromatic heterocycles. The van der Waals surface area contributed by atoms with Crippen molar-refractivity contribution in [2.24, 2.45) is 5.92 Å². The van der Waals surface area contributed by atoms with Crippen molar-refractivity contribution in [3.8, 4) is 0 Å². The summed E-state index contributed by atoms with van der Waals surface area (Å²) in [7, 11) is 0. The number of aryl methyl sites for hydroxylation is 1. The molecule has 0 aromatic carbocycles. The molecule has 0 aliphatic carbocycles. The smallest absolute Gasteiger partial charge is 0.185 e. The summed E-state index contributed by atoms with van der Waals surface area (Å²) in [6.07, 6.45) is 3.96. The van der Waals surface area contributed by atoms with E-state index in [2.05, 4.69) is 41.4 Å². The molecule has 1 aliphatic rings. The molecule has 0 bridgehead atoms. The van der Waals surface area contributed by atoms with Crippen LogP contribution in [-0.4, -0.2) is 30.7 Å². The Labute approximate surface area is 115 Å². The van der Waals surface area contributed by atoms with E-state index in [1.807, 2.05) is 0 Å². The predicted octanol–water partition coefficient (Wildman–Crippen LogP) is 3.06. The van der Waals surface area contributed by atoms with Gasteiger partial charge in [0.25, 0.3) is 0 Å². The molecule has 1 saturated heterocycles. The quantitative estimate of drug-likeness (QED) is 0.888. The lowest BCUT2D eigenvalue weighted by Gasteiger charge is -2.36. The Balaban J connectivity index is 1.93. The van der Waals surface area contributed by atoms with Gasteiger partial charge in [0.1, 0.15) is 0 Å². The number of aromatic nitrogens is 1. The first-order valence-electron chi connectivity index (χ1n) is 7.06. The van der Waals surface area contributed by atoms with Gasteiger partial charge in [-0.2, -0.15) is 0 Å². The van der Waals surface area contributed by atoms with Gasteiger partial charge >= 0.3 is 0 Å². The van der Waals surface area contributed by atoms with E-state index in [-0.39, 0.29) is 0 Å². The number of anilines is 1. The van der Waals surface area contributed by atoms with E-state index in [1.54, 1.807) is 11.3 Å². The Kier molecular flexibility index (Phi) is 5.01. The average Bonchev–Trinajstić information content (AvgIpc) is 2.76. The van der Waals surface area contributed by atoms with Crippen LogP contribution in [0.25, 0.3) is 0 Å². The summed E-state index contributed by atoms with van der Waals surface area (Å²) in [6.45, 7) is 9.97. The molecule has 1 N–H and O–H groups in total. The molecule has 1 atom stereocenters. The van der Waals surface area contributed by atoms with Crippen molar-refractivity contribution >= 4 is 16.5 Å². The molecule has 0 saturated carbocycles. The molecule has 1 aliphatic heterocycles. The van der Waals surface area contributed by atoms with Gasteiger partial charge in [-0.25, -0.2) is 4.98 Å². The standard InChI is InChI=1S/C14H25N3S/c1-11(2)8-15-9-13-6-4-5-7-17(13)14-16-12(3)10-18-14/h10-11,13,15H,4-9H2,1-3H3. The minimum Gasteiger partial charge on any atom is -0.344 e. The van der Waals surface area contributed by atoms with Crippen LogP contribution in [-0.2, 0) is 0 Å². The fourth-order valence-electron chi connectivity index (χ4n) is 2.48. The minimum absolute atomic E-state index is 0.628. The Hall–Kier alpha value is -0.610. The molecule has 2 rings (SSSR count). The monoisotopic (exact) mass is 267 g/mol. The summed E-state index contributed by atoms with van der Waals surface area (Å²) in [5.74, 6) is 0.726. The molecule has 1 aromatic rings. The first-order chi connectivity index (χ1) is 8.66. The van der Waals surface area contributed by atoms with E-state index in [4.69, 9.17) is 0 Å². The molecule has 4 heteroatoms. The van der Waals surface area contributed by atoms with E-state index in [9.17, 15) is 0 Å². The molecule has 18 heavy (non-hydrogen) atoms. The molecule has 0 spiro atoms. The van der Waals surface area contributed by atoms with Crippen LogP contribution >= 0.6 is 11.3 Å². The number of thiazole rings is 1. The molecular weight excluding hydrogens is 242 g/mol. The van der Waals surface area contributed by atoms with E-state index in [0.29, 0.717) is 6.04 Å². The SMILES string of the molecule is Cc1csc(N2CCCCC2CNCC(C)C)n1. The first kappa shape index (κ1) is 13.8. The molecule has 0 radical (unpaired) electrons. The second-order valence-corrected chi connectivity index (χ2v) is 6.50. The van der Waals surface area contributed by atoms with Gasteiger partial charge in [0.2, 0.25) is 0 Å². The Morgan fingerprint density at radius 1 is 1.50 bits per heavy atom. The highest BCUT2D eigenvalue weighted by atomic mass is 32.1. The fraction of sp³-hybridized carbons (Fsp3) is 0.786. The van der Waals surface area contributed by atoms with E-state index in [1.165, 1.54) is 30.9 Å². The third-order valence-electron chi connectivity index (χ3n) is 3.41. The van der Waals surface area contributed by atoms with Crippen LogP contribution in [0.5, 0.6) is 0 Å². The van der Waals surface area contributed by atoms with Gasteiger partial charge in [0.05, 0.1) is 5.69 Å². The van der Waals surface area contributed by atoms with E-state index in [0.717, 1.165) is 24.7 Å². The van der Waals surface area contributed by atoms with Gasteiger partial charge in [0, 0.05) is 24.5 Å². The van der Waals surface area contributed by atoms with Crippen molar-refractivity contribution in [2.75, 3.05) is 24.5 Å². The molecule has 2 heterocycles. The Bertz CT molecular complexity index is 362. The van der Waals surface area contributed by atoms with Crippen LogP contribution < -0.4 is 10.2 Å². The van der Waals surface area contributed by atoms with Crippen LogP contribution in [0, 0.1) is 12.8 Å². The third-order valence-corrected chi connectivity index (χ3v) is 4.41. The number of nitrogens with zero attached hydrogens (tertiary/aromatic N) is 2. The number of piperidine rings is 1. The maximum atomic E-state index is 4.64. The fourth-order valence-corrected chi connectivity index (χ4v) is 3.38. The first-order valence-corrected chi connectivity index (χ1v) is 7.94. The molecule has 102 valence electrons. The molecule has 3 nitrogen and oxygen atoms in total. The summed E-state index contributed by atoms with van der Waals surface area (Å²) >= 11 is 1.79. The topological polar surface area (TPSA) is 28.2 Å². The second-order valence-electron chi connectivity index (χ2n) is 5.67. The summed E-state index contributed by atoms with van der Waals surface area (Å²) in [4.78, 5) is 7.15. The highest BCUT2D eigenvalue weighted by Crippen LogP contribution is 2.27. The summed E-state index contributed by atoms with van der Waals surface area (Å²) < 4.78 is 0. The summed E-state index contributed by atoms with van der Waals surface area (Å²) in [5, 5.41) is 6.96. The minimum atomic E-state index is 0.628. The van der Waals surface area contributed by atoms with Crippen LogP contribution in [0.1, 0.15) is 38.8 Å². The zero-order valence-electron chi connectivity index (χ0n) is 11.8. The summed E-state index contributed by atoms with van der Waals surface area (Å²) in [6, 6.07) is 0.628. The number of hydrogen-bond donors (Lipinski definition) is 1. The molecule has 1 fully saturated rings. The van der Waals surface area contributed by atoms with Crippen LogP contribution in [0.3, 0.4) is 0 Å². The van der Waals surface area contributed by atoms with Gasteiger partial charge in [-0.15, -0.1) is 11.3 Å². The van der Waals surface area contributed by atoms with Crippen molar-refractivity contribution in [3.05, 3.63) is 11.1 Å². The molecule has 1 unspecified atom stereocenters. The van der Waals surface area contributed by atoms with Gasteiger partial charge in [-0.05, 0) is 38.6 Å². The zero-order chi connectivity index (χ0) is 13.0. The molecule has 0 amide bonds. The van der Waals surface area contributed by atoms with Crippen molar-refractivity contribution in [1.82, 2.24) is 10.3 Å². The third kappa shape index (κ3) is 3.69. The van der Waals surface area contributed by atoms with E-state index >= 15 is 0 Å². The van der Waals surface area contributed by atoms with Gasteiger partial charge < -0.3 is 10.2 Å². The van der Waals surface area contributed by atoms with Crippen molar-refractivity contribution < 1.29 is 0 Å². The molecular formula is C14H25N3S. The van der Waals surface area contributed by atoms with Crippen LogP contribution in [0.15, 0.2) is 5.38 Å². The van der Waals surface area contributed by atoms with E-state index < -0.39 is 0 Å². The largest absolute Gasteiger partial charge is 0.344 e. The normalized spacial score (nSPS) is 20.7. The number of hydrogen-bond acceptors (Lipinski definition) is 4. The van der Waals surface area contributed by atoms with Gasteiger partial charge in [0.15, 0.2) is 5.13 Å².